The second-order valence-electron chi connectivity index (χ2n) is 3.84. The fourth-order valence-electron chi connectivity index (χ4n) is 1.49. The summed E-state index contributed by atoms with van der Waals surface area (Å²) in [5.41, 5.74) is 0.671. The van der Waals surface area contributed by atoms with Crippen LogP contribution in [0.4, 0.5) is 4.39 Å². The highest BCUT2D eigenvalue weighted by molar-refractivity contribution is 6.58. The summed E-state index contributed by atoms with van der Waals surface area (Å²) in [4.78, 5) is 3.93. The van der Waals surface area contributed by atoms with Gasteiger partial charge in [0.25, 0.3) is 0 Å². The van der Waals surface area contributed by atoms with E-state index in [1.165, 1.54) is 12.1 Å². The molecule has 18 heavy (non-hydrogen) atoms. The third-order valence-electron chi connectivity index (χ3n) is 2.55. The molecule has 0 saturated heterocycles. The Morgan fingerprint density at radius 1 is 1.44 bits per heavy atom. The molecular formula is C11H12BFN2O3. The molecule has 0 aliphatic rings. The Labute approximate surface area is 104 Å². The van der Waals surface area contributed by atoms with Crippen molar-refractivity contribution in [2.24, 2.45) is 7.05 Å². The van der Waals surface area contributed by atoms with Crippen molar-refractivity contribution < 1.29 is 19.2 Å². The summed E-state index contributed by atoms with van der Waals surface area (Å²) < 4.78 is 20.6. The molecule has 2 aromatic rings. The first-order chi connectivity index (χ1) is 8.58. The van der Waals surface area contributed by atoms with E-state index in [1.54, 1.807) is 17.1 Å². The molecule has 94 valence electrons. The summed E-state index contributed by atoms with van der Waals surface area (Å²) in [5.74, 6) is -0.398. The van der Waals surface area contributed by atoms with Crippen molar-refractivity contribution >= 4 is 12.6 Å². The van der Waals surface area contributed by atoms with Gasteiger partial charge in [0.2, 0.25) is 0 Å². The number of imidazole rings is 1. The van der Waals surface area contributed by atoms with Gasteiger partial charge >= 0.3 is 7.12 Å². The van der Waals surface area contributed by atoms with Crippen LogP contribution in [0, 0.1) is 5.82 Å². The van der Waals surface area contributed by atoms with Crippen molar-refractivity contribution in [1.29, 1.82) is 0 Å². The molecule has 0 amide bonds. The molecule has 7 heteroatoms. The second kappa shape index (κ2) is 5.20. The van der Waals surface area contributed by atoms with E-state index >= 15 is 0 Å². The lowest BCUT2D eigenvalue weighted by Crippen LogP contribution is -2.32. The topological polar surface area (TPSA) is 67.5 Å². The standard InChI is InChI=1S/C11H12BFN2O3/c1-15-7-14-5-8(15)6-18-9-2-3-10(12(16)17)11(13)4-9/h2-5,7,16-17H,6H2,1H3. The summed E-state index contributed by atoms with van der Waals surface area (Å²) in [6, 6.07) is 3.87. The molecule has 1 heterocycles. The van der Waals surface area contributed by atoms with Crippen LogP contribution in [0.5, 0.6) is 5.75 Å². The monoisotopic (exact) mass is 250 g/mol. The smallest absolute Gasteiger partial charge is 0.487 e. The third kappa shape index (κ3) is 2.69. The zero-order chi connectivity index (χ0) is 13.1. The molecule has 1 aromatic carbocycles. The number of rotatable bonds is 4. The summed E-state index contributed by atoms with van der Waals surface area (Å²) in [5, 5.41) is 17.8. The van der Waals surface area contributed by atoms with Gasteiger partial charge < -0.3 is 19.4 Å². The molecule has 0 aliphatic heterocycles. The summed E-state index contributed by atoms with van der Waals surface area (Å²) >= 11 is 0. The van der Waals surface area contributed by atoms with E-state index in [1.807, 2.05) is 7.05 Å². The van der Waals surface area contributed by atoms with Crippen molar-refractivity contribution in [3.63, 3.8) is 0 Å². The maximum atomic E-state index is 13.4. The molecule has 5 nitrogen and oxygen atoms in total. The molecule has 2 rings (SSSR count). The Balaban J connectivity index is 2.07. The van der Waals surface area contributed by atoms with Crippen molar-refractivity contribution in [2.45, 2.75) is 6.61 Å². The minimum Gasteiger partial charge on any atom is -0.487 e. The number of nitrogens with zero attached hydrogens (tertiary/aromatic N) is 2. The van der Waals surface area contributed by atoms with Crippen LogP contribution in [0.2, 0.25) is 0 Å². The van der Waals surface area contributed by atoms with Crippen molar-refractivity contribution in [3.8, 4) is 5.75 Å². The van der Waals surface area contributed by atoms with Crippen LogP contribution in [0.15, 0.2) is 30.7 Å². The summed E-state index contributed by atoms with van der Waals surface area (Å²) in [6.45, 7) is 0.261. The zero-order valence-electron chi connectivity index (χ0n) is 9.75. The number of ether oxygens (including phenoxy) is 1. The van der Waals surface area contributed by atoms with E-state index in [4.69, 9.17) is 14.8 Å². The molecule has 0 spiro atoms. The molecule has 0 bridgehead atoms. The number of hydrogen-bond acceptors (Lipinski definition) is 4. The van der Waals surface area contributed by atoms with E-state index in [-0.39, 0.29) is 12.1 Å². The number of hydrogen-bond donors (Lipinski definition) is 2. The minimum atomic E-state index is -1.82. The Kier molecular flexibility index (Phi) is 3.64. The Morgan fingerprint density at radius 3 is 2.78 bits per heavy atom. The predicted molar refractivity (Wildman–Crippen MR) is 63.8 cm³/mol. The number of aromatic nitrogens is 2. The van der Waals surface area contributed by atoms with Gasteiger partial charge in [-0.15, -0.1) is 0 Å². The van der Waals surface area contributed by atoms with Gasteiger partial charge in [-0.25, -0.2) is 9.37 Å². The van der Waals surface area contributed by atoms with Gasteiger partial charge in [0.1, 0.15) is 18.2 Å². The quantitative estimate of drug-likeness (QED) is 0.738. The van der Waals surface area contributed by atoms with Crippen LogP contribution in [-0.4, -0.2) is 26.7 Å². The highest BCUT2D eigenvalue weighted by Gasteiger charge is 2.16. The van der Waals surface area contributed by atoms with Gasteiger partial charge in [0.15, 0.2) is 0 Å². The molecule has 1 aromatic heterocycles. The zero-order valence-corrected chi connectivity index (χ0v) is 9.75. The van der Waals surface area contributed by atoms with E-state index in [0.717, 1.165) is 11.8 Å². The van der Waals surface area contributed by atoms with Crippen molar-refractivity contribution in [1.82, 2.24) is 9.55 Å². The van der Waals surface area contributed by atoms with Crippen LogP contribution in [-0.2, 0) is 13.7 Å². The molecular weight excluding hydrogens is 238 g/mol. The van der Waals surface area contributed by atoms with Crippen LogP contribution >= 0.6 is 0 Å². The molecule has 0 saturated carbocycles. The molecule has 0 aliphatic carbocycles. The van der Waals surface area contributed by atoms with Crippen molar-refractivity contribution in [2.75, 3.05) is 0 Å². The van der Waals surface area contributed by atoms with Crippen LogP contribution < -0.4 is 10.2 Å². The van der Waals surface area contributed by atoms with Crippen LogP contribution in [0.25, 0.3) is 0 Å². The fourth-order valence-corrected chi connectivity index (χ4v) is 1.49. The van der Waals surface area contributed by atoms with Gasteiger partial charge in [-0.1, -0.05) is 6.07 Å². The van der Waals surface area contributed by atoms with Crippen molar-refractivity contribution in [3.05, 3.63) is 42.2 Å². The number of aryl methyl sites for hydroxylation is 1. The van der Waals surface area contributed by atoms with Crippen LogP contribution in [0.3, 0.4) is 0 Å². The largest absolute Gasteiger partial charge is 0.491 e. The van der Waals surface area contributed by atoms with Gasteiger partial charge in [0, 0.05) is 18.6 Å². The maximum Gasteiger partial charge on any atom is 0.491 e. The molecule has 2 N–H and O–H groups in total. The van der Waals surface area contributed by atoms with E-state index in [0.29, 0.717) is 5.75 Å². The van der Waals surface area contributed by atoms with Crippen LogP contribution in [0.1, 0.15) is 5.69 Å². The first-order valence-corrected chi connectivity index (χ1v) is 5.31. The van der Waals surface area contributed by atoms with E-state index in [2.05, 4.69) is 4.98 Å². The third-order valence-corrected chi connectivity index (χ3v) is 2.55. The van der Waals surface area contributed by atoms with E-state index in [9.17, 15) is 4.39 Å². The molecule has 0 atom stereocenters. The normalized spacial score (nSPS) is 10.4. The SMILES string of the molecule is Cn1cncc1COc1ccc(B(O)O)c(F)c1. The number of halogens is 1. The molecule has 0 fully saturated rings. The Morgan fingerprint density at radius 2 is 2.22 bits per heavy atom. The average Bonchev–Trinajstić information content (AvgIpc) is 2.72. The first kappa shape index (κ1) is 12.6. The predicted octanol–water partition coefficient (Wildman–Crippen LogP) is -0.182. The fraction of sp³-hybridized carbons (Fsp3) is 0.182. The van der Waals surface area contributed by atoms with Gasteiger partial charge in [-0.3, -0.25) is 0 Å². The Bertz CT molecular complexity index is 545. The lowest BCUT2D eigenvalue weighted by atomic mass is 9.80. The first-order valence-electron chi connectivity index (χ1n) is 5.31. The number of benzene rings is 1. The highest BCUT2D eigenvalue weighted by atomic mass is 19.1. The lowest BCUT2D eigenvalue weighted by molar-refractivity contribution is 0.295. The van der Waals surface area contributed by atoms with Gasteiger partial charge in [-0.05, 0) is 6.07 Å². The summed E-state index contributed by atoms with van der Waals surface area (Å²) in [6.07, 6.45) is 3.30. The summed E-state index contributed by atoms with van der Waals surface area (Å²) in [7, 11) is 0.00781. The maximum absolute atomic E-state index is 13.4. The lowest BCUT2D eigenvalue weighted by Gasteiger charge is -2.08. The van der Waals surface area contributed by atoms with E-state index < -0.39 is 12.9 Å². The second-order valence-corrected chi connectivity index (χ2v) is 3.84. The average molecular weight is 250 g/mol. The highest BCUT2D eigenvalue weighted by Crippen LogP contribution is 2.13. The molecule has 0 unspecified atom stereocenters. The molecule has 0 radical (unpaired) electrons. The van der Waals surface area contributed by atoms with Gasteiger partial charge in [0.05, 0.1) is 18.2 Å². The van der Waals surface area contributed by atoms with Gasteiger partial charge in [-0.2, -0.15) is 0 Å². The Hall–Kier alpha value is -1.86. The minimum absolute atomic E-state index is 0.178.